The molecular weight excluding hydrogens is 1450 g/mol. The maximum Gasteiger partial charge on any atom is 0.496 e. The van der Waals surface area contributed by atoms with Gasteiger partial charge in [-0.05, 0) is 122 Å². The number of fused-ring (bicyclic) bond motifs is 32. The van der Waals surface area contributed by atoms with E-state index in [1.807, 2.05) is 70.4 Å². The van der Waals surface area contributed by atoms with Gasteiger partial charge in [-0.15, -0.1) is 45.3 Å². The fourth-order valence-corrected chi connectivity index (χ4v) is 22.2. The summed E-state index contributed by atoms with van der Waals surface area (Å²) < 4.78 is 40.3. The summed E-state index contributed by atoms with van der Waals surface area (Å²) in [5.41, 5.74) is 10.3. The molecular formula is C94H58BClN6O4S4. The van der Waals surface area contributed by atoms with E-state index in [9.17, 15) is 0 Å². The van der Waals surface area contributed by atoms with E-state index in [0.29, 0.717) is 28.3 Å². The molecule has 1 saturated heterocycles. The predicted molar refractivity (Wildman–Crippen MR) is 466 cm³/mol. The van der Waals surface area contributed by atoms with Crippen molar-refractivity contribution in [2.24, 2.45) is 0 Å². The third kappa shape index (κ3) is 9.34. The highest BCUT2D eigenvalue weighted by atomic mass is 35.5. The monoisotopic (exact) mass is 1510 g/mol. The van der Waals surface area contributed by atoms with Gasteiger partial charge in [0.2, 0.25) is 5.28 Å². The van der Waals surface area contributed by atoms with Gasteiger partial charge in [-0.3, -0.25) is 9.13 Å². The SMILES string of the molecule is CC1(C)OB(c2cccc3c2sc2ccccc23)OC1(C)C.Clc1nc(-n2c3ccccc3c3c4sc5ccccc5c4c4ccccc4c32)c2oc3ccccc3c2n1.c1ccc2c(c1)oc1c(-n3c4ccccc4c4c5sc6ccccc6c5c5ccccc5c43)nc(-c3cccc4c3sc3ccccc34)nc12. The molecule has 0 saturated carbocycles. The van der Waals surface area contributed by atoms with Crippen LogP contribution in [0.3, 0.4) is 0 Å². The average molecular weight is 1510 g/mol. The second-order valence-electron chi connectivity index (χ2n) is 29.3. The first-order valence-corrected chi connectivity index (χ1v) is 40.3. The molecule has 1 aliphatic rings. The molecule has 10 nitrogen and oxygen atoms in total. The summed E-state index contributed by atoms with van der Waals surface area (Å²) in [5, 5.41) is 22.0. The number of halogens is 1. The van der Waals surface area contributed by atoms with Crippen LogP contribution in [0.25, 0.3) is 213 Å². The number of rotatable bonds is 4. The van der Waals surface area contributed by atoms with Gasteiger partial charge in [0.25, 0.3) is 0 Å². The van der Waals surface area contributed by atoms with Crippen LogP contribution in [0.4, 0.5) is 0 Å². The quantitative estimate of drug-likeness (QED) is 0.127. The second kappa shape index (κ2) is 24.1. The largest absolute Gasteiger partial charge is 0.496 e. The molecule has 25 rings (SSSR count). The molecule has 0 unspecified atom stereocenters. The first-order valence-electron chi connectivity index (χ1n) is 36.7. The smallest absolute Gasteiger partial charge is 0.450 e. The van der Waals surface area contributed by atoms with Crippen molar-refractivity contribution in [1.29, 1.82) is 0 Å². The topological polar surface area (TPSA) is 106 Å². The number of benzene rings is 14. The number of furan rings is 2. The fourth-order valence-electron chi connectivity index (χ4n) is 17.1. The van der Waals surface area contributed by atoms with Crippen molar-refractivity contribution in [2.45, 2.75) is 38.9 Å². The summed E-state index contributed by atoms with van der Waals surface area (Å²) >= 11 is 13.9. The highest BCUT2D eigenvalue weighted by Crippen LogP contribution is 2.52. The molecule has 11 heterocycles. The Balaban J connectivity index is 0.000000107. The van der Waals surface area contributed by atoms with Gasteiger partial charge in [0.05, 0.1) is 33.3 Å². The van der Waals surface area contributed by atoms with E-state index < -0.39 is 0 Å². The van der Waals surface area contributed by atoms with Gasteiger partial charge in [0, 0.05) is 129 Å². The van der Waals surface area contributed by atoms with Crippen molar-refractivity contribution in [1.82, 2.24) is 29.1 Å². The molecule has 0 amide bonds. The van der Waals surface area contributed by atoms with Gasteiger partial charge in [0.1, 0.15) is 22.2 Å². The van der Waals surface area contributed by atoms with Gasteiger partial charge in [-0.25, -0.2) is 15.0 Å². The molecule has 0 radical (unpaired) electrons. The molecule has 1 aliphatic heterocycles. The van der Waals surface area contributed by atoms with Crippen LogP contribution in [0, 0.1) is 0 Å². The molecule has 0 N–H and O–H groups in total. The van der Waals surface area contributed by atoms with Crippen molar-refractivity contribution in [3.05, 3.63) is 284 Å². The van der Waals surface area contributed by atoms with Crippen LogP contribution in [-0.2, 0) is 9.31 Å². The zero-order valence-electron chi connectivity index (χ0n) is 59.5. The van der Waals surface area contributed by atoms with Crippen LogP contribution in [-0.4, -0.2) is 47.4 Å². The van der Waals surface area contributed by atoms with Crippen molar-refractivity contribution >= 4 is 260 Å². The standard InChI is InChI=1S/C44H23N3OS2.C32H16ClN3OS.C18H19BO2S/c1-2-14-26-25(13-1)36-30-17-6-10-23-35(30)50-42(36)37-28-15-3-7-20-32(28)47(39(26)37)44-40-38(29-16-4-8-21-33(29)48-40)45-43(46-44)31-19-11-18-27-24-12-5-9-22-34(24)49-41(27)31;33-32-34-27-20-12-4-7-15-23(20)37-29(27)31(35-32)36-22-14-6-3-11-19(22)26-28(36)18-10-2-1-9-17(18)25-21-13-5-8-16-24(21)38-30(25)26;1-17(2)18(3,4)21-19(20-17)14-10-7-9-13-12-8-5-6-11-15(12)22-16(13)14/h1-23H;1-16H;5-11H,1-4H3. The van der Waals surface area contributed by atoms with E-state index in [2.05, 4.69) is 284 Å². The van der Waals surface area contributed by atoms with Gasteiger partial charge in [-0.2, -0.15) is 4.98 Å². The summed E-state index contributed by atoms with van der Waals surface area (Å²) in [6.07, 6.45) is 0. The van der Waals surface area contributed by atoms with Gasteiger partial charge in [0.15, 0.2) is 28.6 Å². The van der Waals surface area contributed by atoms with E-state index in [-0.39, 0.29) is 23.6 Å². The van der Waals surface area contributed by atoms with E-state index in [1.165, 1.54) is 118 Å². The Hall–Kier alpha value is -11.9. The van der Waals surface area contributed by atoms with E-state index >= 15 is 0 Å². The Bertz CT molecular complexity index is 8060. The normalized spacial score (nSPS) is 13.9. The fraction of sp³-hybridized carbons (Fsp3) is 0.0638. The van der Waals surface area contributed by atoms with Gasteiger partial charge >= 0.3 is 7.12 Å². The first kappa shape index (κ1) is 64.1. The summed E-state index contributed by atoms with van der Waals surface area (Å²) in [7, 11) is -0.304. The van der Waals surface area contributed by atoms with Crippen LogP contribution in [0.1, 0.15) is 27.7 Å². The molecule has 14 aromatic carbocycles. The molecule has 0 bridgehead atoms. The maximum absolute atomic E-state index is 6.74. The molecule has 10 aromatic heterocycles. The molecule has 0 aliphatic carbocycles. The number of hydrogen-bond donors (Lipinski definition) is 0. The summed E-state index contributed by atoms with van der Waals surface area (Å²) in [6.45, 7) is 8.38. The molecule has 24 aromatic rings. The van der Waals surface area contributed by atoms with Crippen molar-refractivity contribution in [3.8, 4) is 23.0 Å². The minimum atomic E-state index is -0.309. The predicted octanol–water partition coefficient (Wildman–Crippen LogP) is 27.0. The lowest BCUT2D eigenvalue weighted by Crippen LogP contribution is -2.41. The molecule has 522 valence electrons. The van der Waals surface area contributed by atoms with Gasteiger partial charge in [-0.1, -0.05) is 212 Å². The second-order valence-corrected chi connectivity index (χ2v) is 33.8. The Morgan fingerprint density at radius 3 is 1.21 bits per heavy atom. The summed E-state index contributed by atoms with van der Waals surface area (Å²) in [4.78, 5) is 20.2. The average Bonchev–Trinajstić information content (AvgIpc) is 1.53. The Morgan fingerprint density at radius 1 is 0.318 bits per heavy atom. The van der Waals surface area contributed by atoms with Crippen LogP contribution < -0.4 is 5.46 Å². The Labute approximate surface area is 647 Å². The van der Waals surface area contributed by atoms with Crippen molar-refractivity contribution in [3.63, 3.8) is 0 Å². The summed E-state index contributed by atoms with van der Waals surface area (Å²) in [6, 6.07) is 98.4. The van der Waals surface area contributed by atoms with Crippen molar-refractivity contribution < 1.29 is 18.1 Å². The number of hydrogen-bond acceptors (Lipinski definition) is 12. The molecule has 1 fully saturated rings. The third-order valence-electron chi connectivity index (χ3n) is 22.7. The third-order valence-corrected chi connectivity index (χ3v) is 27.7. The zero-order chi connectivity index (χ0) is 73.0. The lowest BCUT2D eigenvalue weighted by atomic mass is 9.78. The lowest BCUT2D eigenvalue weighted by molar-refractivity contribution is 0.00578. The molecule has 0 spiro atoms. The van der Waals surface area contributed by atoms with Crippen LogP contribution in [0.15, 0.2) is 288 Å². The van der Waals surface area contributed by atoms with Crippen LogP contribution in [0.5, 0.6) is 0 Å². The number of aromatic nitrogens is 6. The van der Waals surface area contributed by atoms with E-state index in [0.717, 1.165) is 71.8 Å². The number of para-hydroxylation sites is 4. The minimum absolute atomic E-state index is 0.192. The zero-order valence-corrected chi connectivity index (χ0v) is 63.5. The van der Waals surface area contributed by atoms with Gasteiger partial charge < -0.3 is 18.1 Å². The maximum atomic E-state index is 6.74. The number of thiophene rings is 4. The Morgan fingerprint density at radius 2 is 0.691 bits per heavy atom. The van der Waals surface area contributed by atoms with Crippen LogP contribution >= 0.6 is 56.9 Å². The summed E-state index contributed by atoms with van der Waals surface area (Å²) in [5.74, 6) is 2.08. The number of nitrogens with zero attached hydrogens (tertiary/aromatic N) is 6. The minimum Gasteiger partial charge on any atom is -0.450 e. The van der Waals surface area contributed by atoms with Crippen LogP contribution in [0.2, 0.25) is 5.28 Å². The molecule has 0 atom stereocenters. The molecule has 110 heavy (non-hydrogen) atoms. The van der Waals surface area contributed by atoms with E-state index in [4.69, 9.17) is 44.7 Å². The van der Waals surface area contributed by atoms with E-state index in [1.54, 1.807) is 11.3 Å². The lowest BCUT2D eigenvalue weighted by Gasteiger charge is -2.32. The first-order chi connectivity index (χ1) is 54.0. The Kier molecular flexibility index (Phi) is 14.0. The highest BCUT2D eigenvalue weighted by molar-refractivity contribution is 7.28. The highest BCUT2D eigenvalue weighted by Gasteiger charge is 2.52. The molecule has 16 heteroatoms. The van der Waals surface area contributed by atoms with Crippen molar-refractivity contribution in [2.75, 3.05) is 0 Å².